The summed E-state index contributed by atoms with van der Waals surface area (Å²) in [6.45, 7) is 3.73. The van der Waals surface area contributed by atoms with Gasteiger partial charge in [0.05, 0.1) is 0 Å². The Kier molecular flexibility index (Phi) is 12.8. The highest BCUT2D eigenvalue weighted by Crippen LogP contribution is 2.17. The van der Waals surface area contributed by atoms with Crippen molar-refractivity contribution in [3.05, 3.63) is 71.8 Å². The molecule has 0 bridgehead atoms. The molecule has 0 aliphatic heterocycles. The van der Waals surface area contributed by atoms with E-state index in [-0.39, 0.29) is 32.0 Å². The molecule has 0 heterocycles. The minimum Gasteiger partial charge on any atom is -0.480 e. The van der Waals surface area contributed by atoms with Crippen LogP contribution in [0.1, 0.15) is 50.7 Å². The highest BCUT2D eigenvalue weighted by molar-refractivity contribution is 5.96. The first-order valence-corrected chi connectivity index (χ1v) is 12.7. The third kappa shape index (κ3) is 10.2. The summed E-state index contributed by atoms with van der Waals surface area (Å²) in [6.07, 6.45) is -0.980. The van der Waals surface area contributed by atoms with Crippen molar-refractivity contribution in [2.75, 3.05) is 6.54 Å². The molecule has 0 aliphatic carbocycles. The number of hydrogen-bond acceptors (Lipinski definition) is 7. The molecule has 0 spiro atoms. The predicted octanol–water partition coefficient (Wildman–Crippen LogP) is 4.08. The molecule has 0 saturated heterocycles. The van der Waals surface area contributed by atoms with Crippen LogP contribution in [0.3, 0.4) is 0 Å². The molecule has 0 aromatic heterocycles. The molecule has 2 rings (SSSR count). The molecule has 38 heavy (non-hydrogen) atoms. The van der Waals surface area contributed by atoms with Gasteiger partial charge in [0.1, 0.15) is 25.3 Å². The number of unbranched alkanes of at least 4 members (excludes halogenated alkanes) is 1. The molecular formula is C28H37N3O7. The number of imide groups is 1. The molecule has 10 nitrogen and oxygen atoms in total. The lowest BCUT2D eigenvalue weighted by Crippen LogP contribution is -2.55. The van der Waals surface area contributed by atoms with Crippen molar-refractivity contribution in [3.63, 3.8) is 0 Å². The van der Waals surface area contributed by atoms with Crippen LogP contribution in [0.15, 0.2) is 60.7 Å². The van der Waals surface area contributed by atoms with Gasteiger partial charge in [-0.3, -0.25) is 4.79 Å². The van der Waals surface area contributed by atoms with Crippen molar-refractivity contribution in [2.45, 2.75) is 64.8 Å². The van der Waals surface area contributed by atoms with Crippen LogP contribution in [-0.4, -0.2) is 52.7 Å². The molecule has 2 aromatic rings. The third-order valence-corrected chi connectivity index (χ3v) is 5.67. The minimum atomic E-state index is -1.36. The zero-order valence-corrected chi connectivity index (χ0v) is 21.9. The van der Waals surface area contributed by atoms with Crippen LogP contribution in [0.2, 0.25) is 0 Å². The summed E-state index contributed by atoms with van der Waals surface area (Å²) in [5, 5.41) is 12.1. The average Bonchev–Trinajstić information content (AvgIpc) is 2.90. The highest BCUT2D eigenvalue weighted by Gasteiger charge is 2.38. The van der Waals surface area contributed by atoms with Crippen molar-refractivity contribution in [3.8, 4) is 0 Å². The van der Waals surface area contributed by atoms with E-state index in [4.69, 9.17) is 15.2 Å². The minimum absolute atomic E-state index is 0.0186. The molecule has 10 heteroatoms. The zero-order valence-electron chi connectivity index (χ0n) is 21.9. The Hall–Kier alpha value is -3.92. The molecule has 2 atom stereocenters. The second-order valence-corrected chi connectivity index (χ2v) is 9.28. The molecule has 0 unspecified atom stereocenters. The zero-order chi connectivity index (χ0) is 27.9. The standard InChI is InChI=1S/C28H37N3O7/c1-20(2)17-23(26(33)34)30-25(32)24(15-9-10-16-29)31(27(35)37-18-21-11-5-3-6-12-21)28(36)38-19-22-13-7-4-8-14-22/h3-8,11-14,20,23-24H,9-10,15-19,29H2,1-2H3,(H,30,32)(H,33,34)/t23-,24+/m0/s1. The van der Waals surface area contributed by atoms with Crippen LogP contribution in [0, 0.1) is 5.92 Å². The van der Waals surface area contributed by atoms with E-state index in [1.54, 1.807) is 48.5 Å². The van der Waals surface area contributed by atoms with Crippen molar-refractivity contribution in [2.24, 2.45) is 11.7 Å². The predicted molar refractivity (Wildman–Crippen MR) is 141 cm³/mol. The summed E-state index contributed by atoms with van der Waals surface area (Å²) in [5.41, 5.74) is 6.98. The molecular weight excluding hydrogens is 490 g/mol. The number of amides is 3. The maximum atomic E-state index is 13.4. The van der Waals surface area contributed by atoms with Gasteiger partial charge < -0.3 is 25.6 Å². The molecule has 0 radical (unpaired) electrons. The van der Waals surface area contributed by atoms with Crippen LogP contribution in [0.25, 0.3) is 0 Å². The van der Waals surface area contributed by atoms with Gasteiger partial charge in [-0.15, -0.1) is 0 Å². The Morgan fingerprint density at radius 2 is 1.37 bits per heavy atom. The molecule has 0 aliphatic rings. The summed E-state index contributed by atoms with van der Waals surface area (Å²) in [7, 11) is 0. The van der Waals surface area contributed by atoms with Crippen LogP contribution < -0.4 is 11.1 Å². The Bertz CT molecular complexity index is 976. The SMILES string of the molecule is CC(C)C[C@H](NC(=O)[C@@H](CCCCN)N(C(=O)OCc1ccccc1)C(=O)OCc1ccccc1)C(=O)O. The van der Waals surface area contributed by atoms with E-state index in [0.717, 1.165) is 0 Å². The molecule has 4 N–H and O–H groups in total. The Morgan fingerprint density at radius 1 is 0.868 bits per heavy atom. The lowest BCUT2D eigenvalue weighted by atomic mass is 10.0. The van der Waals surface area contributed by atoms with Gasteiger partial charge >= 0.3 is 18.2 Å². The average molecular weight is 528 g/mol. The molecule has 2 aromatic carbocycles. The quantitative estimate of drug-likeness (QED) is 0.311. The summed E-state index contributed by atoms with van der Waals surface area (Å²) in [6, 6.07) is 15.2. The van der Waals surface area contributed by atoms with E-state index in [9.17, 15) is 24.3 Å². The second kappa shape index (κ2) is 16.0. The number of carbonyl (C=O) groups excluding carboxylic acids is 3. The van der Waals surface area contributed by atoms with E-state index >= 15 is 0 Å². The number of hydrogen-bond donors (Lipinski definition) is 3. The smallest absolute Gasteiger partial charge is 0.420 e. The maximum absolute atomic E-state index is 13.4. The van der Waals surface area contributed by atoms with Crippen molar-refractivity contribution >= 4 is 24.1 Å². The van der Waals surface area contributed by atoms with Gasteiger partial charge in [0.15, 0.2) is 0 Å². The Labute approximate surface area is 223 Å². The second-order valence-electron chi connectivity index (χ2n) is 9.28. The van der Waals surface area contributed by atoms with E-state index in [2.05, 4.69) is 5.32 Å². The number of ether oxygens (including phenoxy) is 2. The fourth-order valence-corrected chi connectivity index (χ4v) is 3.73. The normalized spacial score (nSPS) is 12.3. The van der Waals surface area contributed by atoms with E-state index in [1.807, 2.05) is 26.0 Å². The topological polar surface area (TPSA) is 148 Å². The van der Waals surface area contributed by atoms with Gasteiger partial charge in [0.25, 0.3) is 0 Å². The van der Waals surface area contributed by atoms with Crippen LogP contribution in [-0.2, 0) is 32.3 Å². The Morgan fingerprint density at radius 3 is 1.79 bits per heavy atom. The summed E-state index contributed by atoms with van der Waals surface area (Å²) in [4.78, 5) is 52.2. The van der Waals surface area contributed by atoms with Gasteiger partial charge in [0, 0.05) is 0 Å². The largest absolute Gasteiger partial charge is 0.480 e. The molecule has 206 valence electrons. The maximum Gasteiger partial charge on any atom is 0.420 e. The van der Waals surface area contributed by atoms with E-state index < -0.39 is 36.1 Å². The third-order valence-electron chi connectivity index (χ3n) is 5.67. The van der Waals surface area contributed by atoms with E-state index in [1.165, 1.54) is 0 Å². The van der Waals surface area contributed by atoms with Gasteiger partial charge in [0.2, 0.25) is 5.91 Å². The number of nitrogens with one attached hydrogen (secondary N) is 1. The van der Waals surface area contributed by atoms with Crippen molar-refractivity contribution in [1.29, 1.82) is 0 Å². The number of carboxylic acid groups (broad SMARTS) is 1. The van der Waals surface area contributed by atoms with Crippen LogP contribution in [0.4, 0.5) is 9.59 Å². The van der Waals surface area contributed by atoms with Crippen LogP contribution in [0.5, 0.6) is 0 Å². The number of nitrogens with zero attached hydrogens (tertiary/aromatic N) is 1. The summed E-state index contributed by atoms with van der Waals surface area (Å²) < 4.78 is 10.8. The van der Waals surface area contributed by atoms with Gasteiger partial charge in [-0.1, -0.05) is 74.5 Å². The summed E-state index contributed by atoms with van der Waals surface area (Å²) >= 11 is 0. The molecule has 0 fully saturated rings. The molecule has 3 amide bonds. The first kappa shape index (κ1) is 30.3. The summed E-state index contributed by atoms with van der Waals surface area (Å²) in [5.74, 6) is -2.02. The first-order chi connectivity index (χ1) is 18.2. The fraction of sp³-hybridized carbons (Fsp3) is 0.429. The number of rotatable bonds is 14. The first-order valence-electron chi connectivity index (χ1n) is 12.7. The van der Waals surface area contributed by atoms with E-state index in [0.29, 0.717) is 35.4 Å². The van der Waals surface area contributed by atoms with Gasteiger partial charge in [-0.2, -0.15) is 4.90 Å². The number of nitrogens with two attached hydrogens (primary N) is 1. The van der Waals surface area contributed by atoms with Crippen molar-refractivity contribution in [1.82, 2.24) is 10.2 Å². The lowest BCUT2D eigenvalue weighted by Gasteiger charge is -2.29. The Balaban J connectivity index is 2.31. The number of aliphatic carboxylic acids is 1. The van der Waals surface area contributed by atoms with Crippen LogP contribution >= 0.6 is 0 Å². The van der Waals surface area contributed by atoms with Gasteiger partial charge in [-0.05, 0) is 49.3 Å². The molecule has 0 saturated carbocycles. The fourth-order valence-electron chi connectivity index (χ4n) is 3.73. The highest BCUT2D eigenvalue weighted by atomic mass is 16.6. The number of carbonyl (C=O) groups is 4. The van der Waals surface area contributed by atoms with Crippen molar-refractivity contribution < 1.29 is 33.8 Å². The number of benzene rings is 2. The monoisotopic (exact) mass is 527 g/mol. The number of carboxylic acids is 1. The van der Waals surface area contributed by atoms with Gasteiger partial charge in [-0.25, -0.2) is 14.4 Å². The lowest BCUT2D eigenvalue weighted by molar-refractivity contribution is -0.143.